The van der Waals surface area contributed by atoms with E-state index < -0.39 is 0 Å². The Morgan fingerprint density at radius 3 is 2.65 bits per heavy atom. The fraction of sp³-hybridized carbons (Fsp3) is 0.833. The van der Waals surface area contributed by atoms with E-state index >= 15 is 0 Å². The minimum atomic E-state index is 0.0134. The highest BCUT2D eigenvalue weighted by atomic mass is 16.2. The number of hydrogen-bond donors (Lipinski definition) is 1. The number of hydrogen-bond acceptors (Lipinski definition) is 3. The van der Waals surface area contributed by atoms with E-state index in [2.05, 4.69) is 12.2 Å². The predicted octanol–water partition coefficient (Wildman–Crippen LogP) is -0.325. The minimum Gasteiger partial charge on any atom is -0.342 e. The Hall–Kier alpha value is -1.10. The first kappa shape index (κ1) is 12.4. The average molecular weight is 239 g/mol. The predicted molar refractivity (Wildman–Crippen MR) is 64.4 cm³/mol. The molecular formula is C12H21N3O2. The Balaban J connectivity index is 1.94. The lowest BCUT2D eigenvalue weighted by molar-refractivity contribution is -0.138. The first-order chi connectivity index (χ1) is 8.09. The van der Waals surface area contributed by atoms with Crippen LogP contribution in [-0.2, 0) is 9.59 Å². The molecule has 2 atom stereocenters. The molecule has 0 aromatic rings. The van der Waals surface area contributed by atoms with Crippen molar-refractivity contribution in [3.05, 3.63) is 0 Å². The molecule has 0 radical (unpaired) electrons. The molecule has 1 unspecified atom stereocenters. The number of carbonyl (C=O) groups excluding carboxylic acids is 2. The average Bonchev–Trinajstić information content (AvgIpc) is 2.78. The summed E-state index contributed by atoms with van der Waals surface area (Å²) in [4.78, 5) is 27.3. The number of piperazine rings is 1. The van der Waals surface area contributed by atoms with Crippen LogP contribution in [0, 0.1) is 5.92 Å². The molecule has 0 aromatic carbocycles. The second-order valence-corrected chi connectivity index (χ2v) is 5.04. The maximum Gasteiger partial charge on any atom is 0.227 e. The fourth-order valence-corrected chi connectivity index (χ4v) is 2.65. The Labute approximate surface area is 102 Å². The van der Waals surface area contributed by atoms with Gasteiger partial charge in [-0.1, -0.05) is 0 Å². The molecular weight excluding hydrogens is 218 g/mol. The lowest BCUT2D eigenvalue weighted by Gasteiger charge is -2.35. The second kappa shape index (κ2) is 5.04. The van der Waals surface area contributed by atoms with Gasteiger partial charge >= 0.3 is 0 Å². The number of likely N-dealkylation sites (tertiary alicyclic amines) is 1. The molecule has 2 heterocycles. The van der Waals surface area contributed by atoms with Gasteiger partial charge in [0, 0.05) is 45.7 Å². The Bertz CT molecular complexity index is 319. The zero-order valence-electron chi connectivity index (χ0n) is 10.6. The summed E-state index contributed by atoms with van der Waals surface area (Å²) in [6.45, 7) is 7.50. The molecule has 0 aliphatic carbocycles. The maximum absolute atomic E-state index is 12.3. The molecule has 17 heavy (non-hydrogen) atoms. The summed E-state index contributed by atoms with van der Waals surface area (Å²) < 4.78 is 0. The molecule has 1 N–H and O–H groups in total. The monoisotopic (exact) mass is 239 g/mol. The standard InChI is InChI=1S/C12H21N3O2/c1-9-7-13-4-6-15(9)12(17)11-3-5-14(8-11)10(2)16/h9,11,13H,3-8H2,1-2H3/t9-,11?/m0/s1. The van der Waals surface area contributed by atoms with E-state index in [-0.39, 0.29) is 23.8 Å². The quantitative estimate of drug-likeness (QED) is 0.682. The Kier molecular flexibility index (Phi) is 3.66. The van der Waals surface area contributed by atoms with Crippen LogP contribution < -0.4 is 5.32 Å². The number of amides is 2. The van der Waals surface area contributed by atoms with Crippen LogP contribution in [0.15, 0.2) is 0 Å². The number of carbonyl (C=O) groups is 2. The van der Waals surface area contributed by atoms with Gasteiger partial charge < -0.3 is 15.1 Å². The van der Waals surface area contributed by atoms with Gasteiger partial charge in [-0.15, -0.1) is 0 Å². The summed E-state index contributed by atoms with van der Waals surface area (Å²) in [5.74, 6) is 0.316. The smallest absolute Gasteiger partial charge is 0.227 e. The summed E-state index contributed by atoms with van der Waals surface area (Å²) in [5, 5.41) is 3.28. The third kappa shape index (κ3) is 2.60. The largest absolute Gasteiger partial charge is 0.342 e. The molecule has 2 rings (SSSR count). The van der Waals surface area contributed by atoms with Gasteiger partial charge in [-0.05, 0) is 13.3 Å². The lowest BCUT2D eigenvalue weighted by atomic mass is 10.1. The van der Waals surface area contributed by atoms with E-state index in [1.165, 1.54) is 0 Å². The van der Waals surface area contributed by atoms with Crippen molar-refractivity contribution in [3.63, 3.8) is 0 Å². The van der Waals surface area contributed by atoms with Gasteiger partial charge in [-0.3, -0.25) is 9.59 Å². The molecule has 0 bridgehead atoms. The van der Waals surface area contributed by atoms with E-state index in [9.17, 15) is 9.59 Å². The molecule has 96 valence electrons. The van der Waals surface area contributed by atoms with Crippen molar-refractivity contribution in [3.8, 4) is 0 Å². The van der Waals surface area contributed by atoms with E-state index in [1.54, 1.807) is 11.8 Å². The molecule has 2 aliphatic rings. The molecule has 0 spiro atoms. The highest BCUT2D eigenvalue weighted by Gasteiger charge is 2.34. The van der Waals surface area contributed by atoms with Crippen molar-refractivity contribution < 1.29 is 9.59 Å². The van der Waals surface area contributed by atoms with Crippen LogP contribution in [0.1, 0.15) is 20.3 Å². The number of nitrogens with one attached hydrogen (secondary N) is 1. The zero-order chi connectivity index (χ0) is 12.4. The molecule has 2 saturated heterocycles. The van der Waals surface area contributed by atoms with Crippen molar-refractivity contribution in [2.75, 3.05) is 32.7 Å². The zero-order valence-corrected chi connectivity index (χ0v) is 10.6. The molecule has 2 aliphatic heterocycles. The SMILES string of the molecule is CC(=O)N1CCC(C(=O)N2CCNC[C@@H]2C)C1. The summed E-state index contributed by atoms with van der Waals surface area (Å²) in [5.41, 5.74) is 0. The Morgan fingerprint density at radius 2 is 2.06 bits per heavy atom. The van der Waals surface area contributed by atoms with Crippen LogP contribution in [0.3, 0.4) is 0 Å². The van der Waals surface area contributed by atoms with Crippen LogP contribution in [0.4, 0.5) is 0 Å². The molecule has 5 nitrogen and oxygen atoms in total. The maximum atomic E-state index is 12.3. The molecule has 0 aromatic heterocycles. The fourth-order valence-electron chi connectivity index (χ4n) is 2.65. The molecule has 2 amide bonds. The van der Waals surface area contributed by atoms with Gasteiger partial charge in [0.15, 0.2) is 0 Å². The third-order valence-corrected chi connectivity index (χ3v) is 3.77. The lowest BCUT2D eigenvalue weighted by Crippen LogP contribution is -2.54. The topological polar surface area (TPSA) is 52.7 Å². The molecule has 0 saturated carbocycles. The second-order valence-electron chi connectivity index (χ2n) is 5.04. The van der Waals surface area contributed by atoms with Crippen molar-refractivity contribution in [1.29, 1.82) is 0 Å². The number of nitrogens with zero attached hydrogens (tertiary/aromatic N) is 2. The van der Waals surface area contributed by atoms with Crippen molar-refractivity contribution in [1.82, 2.24) is 15.1 Å². The van der Waals surface area contributed by atoms with Gasteiger partial charge in [0.2, 0.25) is 11.8 Å². The molecule has 5 heteroatoms. The van der Waals surface area contributed by atoms with Crippen LogP contribution in [-0.4, -0.2) is 60.4 Å². The molecule has 2 fully saturated rings. The van der Waals surface area contributed by atoms with Gasteiger partial charge in [0.05, 0.1) is 5.92 Å². The summed E-state index contributed by atoms with van der Waals surface area (Å²) in [6.07, 6.45) is 0.815. The normalized spacial score (nSPS) is 29.5. The first-order valence-electron chi connectivity index (χ1n) is 6.36. The minimum absolute atomic E-state index is 0.0134. The first-order valence-corrected chi connectivity index (χ1v) is 6.36. The van der Waals surface area contributed by atoms with Gasteiger partial charge in [-0.25, -0.2) is 0 Å². The van der Waals surface area contributed by atoms with Gasteiger partial charge in [0.25, 0.3) is 0 Å². The van der Waals surface area contributed by atoms with Crippen LogP contribution in [0.25, 0.3) is 0 Å². The van der Waals surface area contributed by atoms with Crippen LogP contribution in [0.5, 0.6) is 0 Å². The summed E-state index contributed by atoms with van der Waals surface area (Å²) in [7, 11) is 0. The summed E-state index contributed by atoms with van der Waals surface area (Å²) in [6, 6.07) is 0.266. The van der Waals surface area contributed by atoms with Crippen molar-refractivity contribution in [2.24, 2.45) is 5.92 Å². The Morgan fingerprint density at radius 1 is 1.29 bits per heavy atom. The van der Waals surface area contributed by atoms with Crippen molar-refractivity contribution >= 4 is 11.8 Å². The van der Waals surface area contributed by atoms with E-state index in [4.69, 9.17) is 0 Å². The third-order valence-electron chi connectivity index (χ3n) is 3.77. The van der Waals surface area contributed by atoms with Crippen LogP contribution >= 0.6 is 0 Å². The van der Waals surface area contributed by atoms with E-state index in [0.29, 0.717) is 6.54 Å². The van der Waals surface area contributed by atoms with Crippen molar-refractivity contribution in [2.45, 2.75) is 26.3 Å². The van der Waals surface area contributed by atoms with Crippen LogP contribution in [0.2, 0.25) is 0 Å². The van der Waals surface area contributed by atoms with E-state index in [1.807, 2.05) is 4.90 Å². The summed E-state index contributed by atoms with van der Waals surface area (Å²) >= 11 is 0. The van der Waals surface area contributed by atoms with E-state index in [0.717, 1.165) is 32.6 Å². The highest BCUT2D eigenvalue weighted by molar-refractivity contribution is 5.81. The van der Waals surface area contributed by atoms with Gasteiger partial charge in [0.1, 0.15) is 0 Å². The van der Waals surface area contributed by atoms with Gasteiger partial charge in [-0.2, -0.15) is 0 Å². The number of rotatable bonds is 1. The highest BCUT2D eigenvalue weighted by Crippen LogP contribution is 2.20.